The van der Waals surface area contributed by atoms with Crippen molar-refractivity contribution in [3.63, 3.8) is 0 Å². The predicted molar refractivity (Wildman–Crippen MR) is 102 cm³/mol. The molecule has 0 unspecified atom stereocenters. The third-order valence-electron chi connectivity index (χ3n) is 3.69. The van der Waals surface area contributed by atoms with Gasteiger partial charge < -0.3 is 4.74 Å². The Morgan fingerprint density at radius 1 is 1.15 bits per heavy atom. The highest BCUT2D eigenvalue weighted by Gasteiger charge is 2.21. The summed E-state index contributed by atoms with van der Waals surface area (Å²) >= 11 is 1.000. The average molecular weight is 433 g/mol. The SMILES string of the molecule is COC(=O)c1ccc(S(=O)(=O)NCc2ccc(S(=O)(=O)N(C)C)s2)c(C)c1. The topological polar surface area (TPSA) is 110 Å². The largest absolute Gasteiger partial charge is 0.465 e. The van der Waals surface area contributed by atoms with Crippen molar-refractivity contribution < 1.29 is 26.4 Å². The molecule has 0 spiro atoms. The molecule has 148 valence electrons. The Morgan fingerprint density at radius 3 is 2.37 bits per heavy atom. The van der Waals surface area contributed by atoms with E-state index < -0.39 is 26.0 Å². The molecule has 0 saturated heterocycles. The third kappa shape index (κ3) is 4.74. The highest BCUT2D eigenvalue weighted by molar-refractivity contribution is 7.91. The number of carbonyl (C=O) groups excluding carboxylic acids is 1. The number of benzene rings is 1. The van der Waals surface area contributed by atoms with Crippen molar-refractivity contribution in [1.82, 2.24) is 9.03 Å². The molecular formula is C16H20N2O6S3. The molecule has 1 aromatic carbocycles. The summed E-state index contributed by atoms with van der Waals surface area (Å²) < 4.78 is 57.5. The van der Waals surface area contributed by atoms with Crippen molar-refractivity contribution in [1.29, 1.82) is 0 Å². The van der Waals surface area contributed by atoms with Crippen LogP contribution in [0.4, 0.5) is 0 Å². The van der Waals surface area contributed by atoms with Gasteiger partial charge >= 0.3 is 5.97 Å². The number of esters is 1. The van der Waals surface area contributed by atoms with E-state index in [1.54, 1.807) is 13.0 Å². The Balaban J connectivity index is 2.19. The standard InChI is InChI=1S/C16H20N2O6S3/c1-11-9-12(16(19)24-4)5-7-14(11)26(20,21)17-10-13-6-8-15(25-13)27(22,23)18(2)3/h5-9,17H,10H2,1-4H3. The van der Waals surface area contributed by atoms with Gasteiger partial charge in [0.1, 0.15) is 4.21 Å². The number of rotatable bonds is 7. The molecule has 0 saturated carbocycles. The molecular weight excluding hydrogens is 412 g/mol. The van der Waals surface area contributed by atoms with E-state index >= 15 is 0 Å². The fourth-order valence-corrected chi connectivity index (χ4v) is 6.00. The van der Waals surface area contributed by atoms with Gasteiger partial charge in [-0.2, -0.15) is 0 Å². The lowest BCUT2D eigenvalue weighted by molar-refractivity contribution is 0.0600. The summed E-state index contributed by atoms with van der Waals surface area (Å²) in [5.74, 6) is -0.553. The maximum absolute atomic E-state index is 12.5. The highest BCUT2D eigenvalue weighted by atomic mass is 32.2. The van der Waals surface area contributed by atoms with Gasteiger partial charge in [0, 0.05) is 25.5 Å². The normalized spacial score (nSPS) is 12.3. The first-order valence-electron chi connectivity index (χ1n) is 7.69. The lowest BCUT2D eigenvalue weighted by atomic mass is 10.1. The van der Waals surface area contributed by atoms with Crippen LogP contribution < -0.4 is 4.72 Å². The van der Waals surface area contributed by atoms with Crippen molar-refractivity contribution in [2.45, 2.75) is 22.6 Å². The van der Waals surface area contributed by atoms with Crippen molar-refractivity contribution in [3.05, 3.63) is 46.3 Å². The molecule has 27 heavy (non-hydrogen) atoms. The van der Waals surface area contributed by atoms with Crippen LogP contribution in [-0.2, 0) is 31.3 Å². The van der Waals surface area contributed by atoms with Crippen LogP contribution in [0, 0.1) is 6.92 Å². The first-order chi connectivity index (χ1) is 12.5. The quantitative estimate of drug-likeness (QED) is 0.665. The van der Waals surface area contributed by atoms with E-state index in [1.165, 1.54) is 45.5 Å². The van der Waals surface area contributed by atoms with E-state index in [0.717, 1.165) is 15.6 Å². The zero-order valence-corrected chi connectivity index (χ0v) is 17.7. The molecule has 1 aromatic heterocycles. The molecule has 0 bridgehead atoms. The van der Waals surface area contributed by atoms with Crippen molar-refractivity contribution in [2.24, 2.45) is 0 Å². The molecule has 11 heteroatoms. The van der Waals surface area contributed by atoms with Gasteiger partial charge in [0.05, 0.1) is 17.6 Å². The van der Waals surface area contributed by atoms with Crippen LogP contribution in [0.25, 0.3) is 0 Å². The van der Waals surface area contributed by atoms with Crippen molar-refractivity contribution >= 4 is 37.4 Å². The van der Waals surface area contributed by atoms with Gasteiger partial charge in [-0.15, -0.1) is 11.3 Å². The summed E-state index contributed by atoms with van der Waals surface area (Å²) in [6, 6.07) is 7.16. The molecule has 0 aliphatic heterocycles. The van der Waals surface area contributed by atoms with E-state index in [1.807, 2.05) is 0 Å². The minimum Gasteiger partial charge on any atom is -0.465 e. The van der Waals surface area contributed by atoms with Gasteiger partial charge in [-0.3, -0.25) is 0 Å². The van der Waals surface area contributed by atoms with Gasteiger partial charge in [-0.25, -0.2) is 30.7 Å². The van der Waals surface area contributed by atoms with Crippen LogP contribution >= 0.6 is 11.3 Å². The number of nitrogens with one attached hydrogen (secondary N) is 1. The molecule has 8 nitrogen and oxygen atoms in total. The number of nitrogens with zero attached hydrogens (tertiary/aromatic N) is 1. The molecule has 1 N–H and O–H groups in total. The van der Waals surface area contributed by atoms with Crippen LogP contribution in [0.1, 0.15) is 20.8 Å². The van der Waals surface area contributed by atoms with E-state index in [-0.39, 0.29) is 21.2 Å². The summed E-state index contributed by atoms with van der Waals surface area (Å²) in [6.07, 6.45) is 0. The summed E-state index contributed by atoms with van der Waals surface area (Å²) in [5, 5.41) is 0. The lowest BCUT2D eigenvalue weighted by Crippen LogP contribution is -2.24. The first-order valence-corrected chi connectivity index (χ1v) is 11.4. The van der Waals surface area contributed by atoms with Gasteiger partial charge in [0.2, 0.25) is 10.0 Å². The lowest BCUT2D eigenvalue weighted by Gasteiger charge is -2.10. The van der Waals surface area contributed by atoms with Crippen LogP contribution in [0.15, 0.2) is 39.4 Å². The minimum atomic E-state index is -3.84. The zero-order chi connectivity index (χ0) is 20.4. The Labute approximate surface area is 162 Å². The second-order valence-corrected chi connectivity index (χ2v) is 11.1. The Morgan fingerprint density at radius 2 is 1.81 bits per heavy atom. The molecule has 0 aliphatic rings. The maximum Gasteiger partial charge on any atom is 0.337 e. The predicted octanol–water partition coefficient (Wildman–Crippen LogP) is 1.57. The number of aryl methyl sites for hydroxylation is 1. The third-order valence-corrected chi connectivity index (χ3v) is 8.62. The molecule has 0 radical (unpaired) electrons. The van der Waals surface area contributed by atoms with E-state index in [4.69, 9.17) is 0 Å². The first kappa shape index (κ1) is 21.5. The zero-order valence-electron chi connectivity index (χ0n) is 15.2. The number of hydrogen-bond donors (Lipinski definition) is 1. The highest BCUT2D eigenvalue weighted by Crippen LogP contribution is 2.24. The van der Waals surface area contributed by atoms with Crippen molar-refractivity contribution in [3.8, 4) is 0 Å². The number of hydrogen-bond acceptors (Lipinski definition) is 7. The summed E-state index contributed by atoms with van der Waals surface area (Å²) in [6.45, 7) is 1.53. The molecule has 2 rings (SSSR count). The van der Waals surface area contributed by atoms with Crippen molar-refractivity contribution in [2.75, 3.05) is 21.2 Å². The summed E-state index contributed by atoms with van der Waals surface area (Å²) in [5.41, 5.74) is 0.651. The Hall–Kier alpha value is -1.79. The summed E-state index contributed by atoms with van der Waals surface area (Å²) in [4.78, 5) is 12.1. The van der Waals surface area contributed by atoms with Gasteiger partial charge in [0.15, 0.2) is 0 Å². The molecule has 0 aliphatic carbocycles. The Bertz CT molecular complexity index is 1060. The van der Waals surface area contributed by atoms with Gasteiger partial charge in [0.25, 0.3) is 10.0 Å². The van der Waals surface area contributed by atoms with Crippen LogP contribution in [-0.4, -0.2) is 48.3 Å². The van der Waals surface area contributed by atoms with E-state index in [0.29, 0.717) is 10.4 Å². The number of carbonyl (C=O) groups is 1. The molecule has 0 fully saturated rings. The van der Waals surface area contributed by atoms with E-state index in [9.17, 15) is 21.6 Å². The fourth-order valence-electron chi connectivity index (χ4n) is 2.21. The minimum absolute atomic E-state index is 0.0350. The second kappa shape index (κ2) is 8.07. The molecule has 1 heterocycles. The number of ether oxygens (including phenoxy) is 1. The number of thiophene rings is 1. The van der Waals surface area contributed by atoms with Gasteiger partial charge in [-0.05, 0) is 42.8 Å². The van der Waals surface area contributed by atoms with E-state index in [2.05, 4.69) is 9.46 Å². The van der Waals surface area contributed by atoms with Crippen LogP contribution in [0.3, 0.4) is 0 Å². The Kier molecular flexibility index (Phi) is 6.43. The maximum atomic E-state index is 12.5. The molecule has 0 amide bonds. The smallest absolute Gasteiger partial charge is 0.337 e. The monoisotopic (exact) mass is 432 g/mol. The van der Waals surface area contributed by atoms with Gasteiger partial charge in [-0.1, -0.05) is 0 Å². The second-order valence-electron chi connectivity index (χ2n) is 5.80. The molecule has 2 aromatic rings. The van der Waals surface area contributed by atoms with Crippen LogP contribution in [0.2, 0.25) is 0 Å². The van der Waals surface area contributed by atoms with Crippen LogP contribution in [0.5, 0.6) is 0 Å². The average Bonchev–Trinajstić information content (AvgIpc) is 3.08. The molecule has 0 atom stereocenters. The fraction of sp³-hybridized carbons (Fsp3) is 0.312. The number of methoxy groups -OCH3 is 1. The summed E-state index contributed by atoms with van der Waals surface area (Å²) in [7, 11) is -3.29. The number of sulfonamides is 2.